The largest absolute Gasteiger partial charge is 0.487 e. The van der Waals surface area contributed by atoms with E-state index in [4.69, 9.17) is 9.73 Å². The van der Waals surface area contributed by atoms with Crippen LogP contribution in [-0.4, -0.2) is 43.0 Å². The topological polar surface area (TPSA) is 53.5 Å². The van der Waals surface area contributed by atoms with Gasteiger partial charge in [0.1, 0.15) is 29.2 Å². The van der Waals surface area contributed by atoms with Crippen LogP contribution in [0.3, 0.4) is 0 Å². The summed E-state index contributed by atoms with van der Waals surface area (Å²) in [6.07, 6.45) is 0. The molecule has 2 aromatic carbocycles. The average molecular weight is 406 g/mol. The lowest BCUT2D eigenvalue weighted by Gasteiger charge is -2.33. The van der Waals surface area contributed by atoms with Crippen molar-refractivity contribution in [3.05, 3.63) is 71.1 Å². The number of ether oxygens (including phenoxy) is 1. The molecule has 0 amide bonds. The molecule has 0 unspecified atom stereocenters. The molecular weight excluding hydrogens is 380 g/mol. The van der Waals surface area contributed by atoms with Crippen LogP contribution in [0.4, 0.5) is 16.4 Å². The van der Waals surface area contributed by atoms with E-state index in [2.05, 4.69) is 46.7 Å². The summed E-state index contributed by atoms with van der Waals surface area (Å²) in [5, 5.41) is 7.17. The number of benzene rings is 2. The summed E-state index contributed by atoms with van der Waals surface area (Å²) in [7, 11) is 0. The van der Waals surface area contributed by atoms with Gasteiger partial charge < -0.3 is 20.3 Å². The maximum Gasteiger partial charge on any atom is 0.142 e. The van der Waals surface area contributed by atoms with Gasteiger partial charge in [-0.25, -0.2) is 4.99 Å². The first-order valence-electron chi connectivity index (χ1n) is 10.1. The Labute approximate surface area is 175 Å². The van der Waals surface area contributed by atoms with Crippen molar-refractivity contribution in [1.82, 2.24) is 4.90 Å². The summed E-state index contributed by atoms with van der Waals surface area (Å²) >= 11 is 1.79. The Hall–Kier alpha value is -2.83. The molecule has 1 fully saturated rings. The zero-order valence-corrected chi connectivity index (χ0v) is 17.3. The highest BCUT2D eigenvalue weighted by Crippen LogP contribution is 2.39. The number of nitrogens with one attached hydrogen (secondary N) is 1. The molecule has 0 radical (unpaired) electrons. The molecule has 1 atom stereocenters. The number of hydrogen-bond acceptors (Lipinski definition) is 5. The third-order valence-electron chi connectivity index (χ3n) is 5.34. The van der Waals surface area contributed by atoms with Gasteiger partial charge in [-0.15, -0.1) is 11.3 Å². The standard InChI is InChI=1S/C23H24N4OS/c1-16-13-19-22(25-20-9-5-6-10-21(20)26-23(19)29-16)27-12-11-24-17(14-27)15-28-18-7-3-2-4-8-18/h2-10,13,17,24,26H,11-12,14-15H2,1H3/p+1/t17-/m0/s1. The Morgan fingerprint density at radius 2 is 2.00 bits per heavy atom. The second-order valence-electron chi connectivity index (χ2n) is 7.53. The number of quaternary nitrogens is 1. The van der Waals surface area contributed by atoms with Gasteiger partial charge in [-0.2, -0.15) is 0 Å². The van der Waals surface area contributed by atoms with E-state index in [1.807, 2.05) is 36.4 Å². The summed E-state index contributed by atoms with van der Waals surface area (Å²) < 4.78 is 6.03. The fourth-order valence-corrected chi connectivity index (χ4v) is 4.86. The fourth-order valence-electron chi connectivity index (χ4n) is 3.94. The van der Waals surface area contributed by atoms with Gasteiger partial charge in [0.05, 0.1) is 36.6 Å². The highest BCUT2D eigenvalue weighted by Gasteiger charge is 2.29. The molecule has 0 spiro atoms. The van der Waals surface area contributed by atoms with Crippen molar-refractivity contribution in [3.8, 4) is 5.75 Å². The van der Waals surface area contributed by atoms with E-state index in [1.165, 1.54) is 15.4 Å². The van der Waals surface area contributed by atoms with Crippen molar-refractivity contribution in [1.29, 1.82) is 0 Å². The van der Waals surface area contributed by atoms with Crippen molar-refractivity contribution in [2.45, 2.75) is 13.0 Å². The highest BCUT2D eigenvalue weighted by atomic mass is 32.1. The average Bonchev–Trinajstić information content (AvgIpc) is 3.04. The number of aryl methyl sites for hydroxylation is 1. The molecule has 0 bridgehead atoms. The van der Waals surface area contributed by atoms with E-state index in [0.29, 0.717) is 12.6 Å². The molecule has 2 aliphatic heterocycles. The van der Waals surface area contributed by atoms with Crippen LogP contribution >= 0.6 is 11.3 Å². The van der Waals surface area contributed by atoms with Crippen molar-refractivity contribution in [2.24, 2.45) is 4.99 Å². The minimum atomic E-state index is 0.376. The first kappa shape index (κ1) is 18.2. The lowest BCUT2D eigenvalue weighted by Crippen LogP contribution is -2.96. The summed E-state index contributed by atoms with van der Waals surface area (Å²) in [6.45, 7) is 5.79. The minimum Gasteiger partial charge on any atom is -0.487 e. The van der Waals surface area contributed by atoms with Gasteiger partial charge in [-0.3, -0.25) is 0 Å². The molecule has 3 N–H and O–H groups in total. The predicted molar refractivity (Wildman–Crippen MR) is 119 cm³/mol. The SMILES string of the molecule is Cc1cc2c(s1)Nc1ccccc1N=C2N1CC[NH2+][C@H](COc2ccccc2)C1. The van der Waals surface area contributed by atoms with E-state index in [-0.39, 0.29) is 0 Å². The van der Waals surface area contributed by atoms with E-state index in [9.17, 15) is 0 Å². The van der Waals surface area contributed by atoms with Crippen molar-refractivity contribution < 1.29 is 10.1 Å². The van der Waals surface area contributed by atoms with Crippen molar-refractivity contribution >= 4 is 33.5 Å². The molecule has 6 heteroatoms. The number of nitrogens with two attached hydrogens (primary N) is 1. The summed E-state index contributed by atoms with van der Waals surface area (Å²) in [5.41, 5.74) is 3.27. The second kappa shape index (κ2) is 7.89. The van der Waals surface area contributed by atoms with E-state index in [1.54, 1.807) is 11.3 Å². The van der Waals surface area contributed by atoms with Gasteiger partial charge in [-0.05, 0) is 37.3 Å². The predicted octanol–water partition coefficient (Wildman–Crippen LogP) is 3.52. The molecule has 5 rings (SSSR count). The maximum absolute atomic E-state index is 6.03. The number of aliphatic imine (C=N–C) groups is 1. The molecule has 5 nitrogen and oxygen atoms in total. The second-order valence-corrected chi connectivity index (χ2v) is 8.79. The minimum absolute atomic E-state index is 0.376. The number of piperazine rings is 1. The Bertz CT molecular complexity index is 1030. The van der Waals surface area contributed by atoms with Gasteiger partial charge >= 0.3 is 0 Å². The van der Waals surface area contributed by atoms with Gasteiger partial charge in [0, 0.05) is 4.88 Å². The lowest BCUT2D eigenvalue weighted by atomic mass is 10.1. The molecule has 3 aromatic rings. The molecular formula is C23H25N4OS+. The van der Waals surface area contributed by atoms with Gasteiger partial charge in [0.25, 0.3) is 0 Å². The zero-order valence-electron chi connectivity index (χ0n) is 16.5. The number of fused-ring (bicyclic) bond motifs is 2. The van der Waals surface area contributed by atoms with Crippen LogP contribution in [0, 0.1) is 6.92 Å². The molecule has 0 aliphatic carbocycles. The van der Waals surface area contributed by atoms with Crippen LogP contribution in [0.1, 0.15) is 10.4 Å². The number of anilines is 2. The number of hydrogen-bond donors (Lipinski definition) is 2. The van der Waals surface area contributed by atoms with Crippen LogP contribution in [0.2, 0.25) is 0 Å². The van der Waals surface area contributed by atoms with Gasteiger partial charge in [0.2, 0.25) is 0 Å². The molecule has 2 aliphatic rings. The number of rotatable bonds is 3. The molecule has 1 aromatic heterocycles. The molecule has 1 saturated heterocycles. The highest BCUT2D eigenvalue weighted by molar-refractivity contribution is 7.16. The Morgan fingerprint density at radius 3 is 2.90 bits per heavy atom. The Kier molecular flexibility index (Phi) is 4.96. The Balaban J connectivity index is 1.40. The number of thiophene rings is 1. The molecule has 0 saturated carbocycles. The molecule has 148 valence electrons. The third kappa shape index (κ3) is 3.86. The number of para-hydroxylation sites is 3. The quantitative estimate of drug-likeness (QED) is 0.701. The van der Waals surface area contributed by atoms with Crippen LogP contribution < -0.4 is 15.4 Å². The first-order chi connectivity index (χ1) is 14.3. The smallest absolute Gasteiger partial charge is 0.142 e. The van der Waals surface area contributed by atoms with Crippen LogP contribution in [0.15, 0.2) is 65.7 Å². The van der Waals surface area contributed by atoms with Crippen LogP contribution in [0.25, 0.3) is 0 Å². The van der Waals surface area contributed by atoms with Crippen LogP contribution in [-0.2, 0) is 0 Å². The lowest BCUT2D eigenvalue weighted by molar-refractivity contribution is -0.697. The van der Waals surface area contributed by atoms with Gasteiger partial charge in [0.15, 0.2) is 0 Å². The van der Waals surface area contributed by atoms with Crippen molar-refractivity contribution in [2.75, 3.05) is 31.6 Å². The maximum atomic E-state index is 6.03. The number of nitrogens with zero attached hydrogens (tertiary/aromatic N) is 2. The third-order valence-corrected chi connectivity index (χ3v) is 6.30. The van der Waals surface area contributed by atoms with E-state index >= 15 is 0 Å². The summed E-state index contributed by atoms with van der Waals surface area (Å²) in [6, 6.07) is 21.0. The van der Waals surface area contributed by atoms with E-state index < -0.39 is 0 Å². The Morgan fingerprint density at radius 1 is 1.17 bits per heavy atom. The monoisotopic (exact) mass is 405 g/mol. The summed E-state index contributed by atoms with van der Waals surface area (Å²) in [4.78, 5) is 8.82. The van der Waals surface area contributed by atoms with Crippen LogP contribution in [0.5, 0.6) is 5.75 Å². The summed E-state index contributed by atoms with van der Waals surface area (Å²) in [5.74, 6) is 2.00. The zero-order chi connectivity index (χ0) is 19.6. The fraction of sp³-hybridized carbons (Fsp3) is 0.261. The molecule has 3 heterocycles. The van der Waals surface area contributed by atoms with E-state index in [0.717, 1.165) is 42.6 Å². The molecule has 29 heavy (non-hydrogen) atoms. The van der Waals surface area contributed by atoms with Crippen molar-refractivity contribution in [3.63, 3.8) is 0 Å². The normalized spacial score (nSPS) is 18.2. The first-order valence-corrected chi connectivity index (χ1v) is 10.9. The van der Waals surface area contributed by atoms with Gasteiger partial charge in [-0.1, -0.05) is 30.3 Å². The number of amidine groups is 1.